The molecule has 2 amide bonds. The number of urea groups is 1. The van der Waals surface area contributed by atoms with Gasteiger partial charge in [-0.2, -0.15) is 0 Å². The van der Waals surface area contributed by atoms with Crippen molar-refractivity contribution < 1.29 is 14.7 Å². The van der Waals surface area contributed by atoms with Gasteiger partial charge in [0.05, 0.1) is 0 Å². The fourth-order valence-corrected chi connectivity index (χ4v) is 2.50. The van der Waals surface area contributed by atoms with Crippen molar-refractivity contribution in [2.75, 3.05) is 7.05 Å². The average molecular weight is 256 g/mol. The number of carboxylic acid groups (broad SMARTS) is 1. The van der Waals surface area contributed by atoms with Gasteiger partial charge in [-0.05, 0) is 45.4 Å². The summed E-state index contributed by atoms with van der Waals surface area (Å²) < 4.78 is 0. The van der Waals surface area contributed by atoms with Gasteiger partial charge < -0.3 is 15.3 Å². The standard InChI is InChI=1S/C13H24N2O3/c1-9(2)14-13(18)15(3)11-6-4-10(5-7-11)8-12(16)17/h9-11H,4-8H2,1-3H3,(H,14,18)(H,16,17). The molecule has 1 aliphatic carbocycles. The Balaban J connectivity index is 2.37. The normalized spacial score (nSPS) is 23.8. The van der Waals surface area contributed by atoms with Gasteiger partial charge in [0.1, 0.15) is 0 Å². The van der Waals surface area contributed by atoms with Crippen LogP contribution in [0.4, 0.5) is 4.79 Å². The lowest BCUT2D eigenvalue weighted by atomic mass is 9.84. The van der Waals surface area contributed by atoms with Gasteiger partial charge >= 0.3 is 12.0 Å². The predicted octanol–water partition coefficient (Wildman–Crippen LogP) is 2.07. The van der Waals surface area contributed by atoms with Gasteiger partial charge in [0.15, 0.2) is 0 Å². The molecule has 2 N–H and O–H groups in total. The van der Waals surface area contributed by atoms with Gasteiger partial charge in [-0.25, -0.2) is 4.79 Å². The number of nitrogens with one attached hydrogen (secondary N) is 1. The number of amides is 2. The summed E-state index contributed by atoms with van der Waals surface area (Å²) in [6, 6.07) is 0.351. The van der Waals surface area contributed by atoms with E-state index in [-0.39, 0.29) is 30.5 Å². The summed E-state index contributed by atoms with van der Waals surface area (Å²) in [5.74, 6) is -0.440. The largest absolute Gasteiger partial charge is 0.481 e. The van der Waals surface area contributed by atoms with Gasteiger partial charge in [-0.3, -0.25) is 4.79 Å². The van der Waals surface area contributed by atoms with Crippen LogP contribution in [0.25, 0.3) is 0 Å². The zero-order chi connectivity index (χ0) is 13.7. The van der Waals surface area contributed by atoms with E-state index in [0.717, 1.165) is 25.7 Å². The van der Waals surface area contributed by atoms with Gasteiger partial charge in [0.2, 0.25) is 0 Å². The zero-order valence-electron chi connectivity index (χ0n) is 11.5. The lowest BCUT2D eigenvalue weighted by Gasteiger charge is -2.34. The summed E-state index contributed by atoms with van der Waals surface area (Å²) in [7, 11) is 1.82. The van der Waals surface area contributed by atoms with E-state index in [4.69, 9.17) is 5.11 Å². The molecule has 0 radical (unpaired) electrons. The quantitative estimate of drug-likeness (QED) is 0.809. The van der Waals surface area contributed by atoms with E-state index in [1.165, 1.54) is 0 Å². The van der Waals surface area contributed by atoms with Crippen LogP contribution in [-0.2, 0) is 4.79 Å². The smallest absolute Gasteiger partial charge is 0.317 e. The maximum atomic E-state index is 11.8. The topological polar surface area (TPSA) is 69.6 Å². The number of carbonyl (C=O) groups excluding carboxylic acids is 1. The molecule has 0 aromatic carbocycles. The van der Waals surface area contributed by atoms with Gasteiger partial charge in [0.25, 0.3) is 0 Å². The van der Waals surface area contributed by atoms with Crippen molar-refractivity contribution in [1.29, 1.82) is 0 Å². The molecule has 0 atom stereocenters. The molecule has 5 nitrogen and oxygen atoms in total. The van der Waals surface area contributed by atoms with Crippen LogP contribution in [0.2, 0.25) is 0 Å². The Bertz CT molecular complexity index is 297. The lowest BCUT2D eigenvalue weighted by Crippen LogP contribution is -2.47. The van der Waals surface area contributed by atoms with E-state index in [9.17, 15) is 9.59 Å². The first-order chi connectivity index (χ1) is 8.40. The Labute approximate surface area is 109 Å². The lowest BCUT2D eigenvalue weighted by molar-refractivity contribution is -0.138. The van der Waals surface area contributed by atoms with Crippen molar-refractivity contribution in [1.82, 2.24) is 10.2 Å². The SMILES string of the molecule is CC(C)NC(=O)N(C)C1CCC(CC(=O)O)CC1. The minimum absolute atomic E-state index is 0.0355. The van der Waals surface area contributed by atoms with Crippen molar-refractivity contribution >= 4 is 12.0 Å². The Hall–Kier alpha value is -1.26. The number of rotatable bonds is 4. The maximum absolute atomic E-state index is 11.8. The third kappa shape index (κ3) is 4.55. The van der Waals surface area contributed by atoms with E-state index in [2.05, 4.69) is 5.32 Å². The second-order valence-electron chi connectivity index (χ2n) is 5.49. The summed E-state index contributed by atoms with van der Waals surface area (Å²) in [4.78, 5) is 24.2. The second kappa shape index (κ2) is 6.61. The van der Waals surface area contributed by atoms with E-state index in [0.29, 0.717) is 0 Å². The highest BCUT2D eigenvalue weighted by Crippen LogP contribution is 2.29. The van der Waals surface area contributed by atoms with Crippen LogP contribution in [0, 0.1) is 5.92 Å². The molecule has 1 aliphatic rings. The second-order valence-corrected chi connectivity index (χ2v) is 5.49. The van der Waals surface area contributed by atoms with Crippen LogP contribution >= 0.6 is 0 Å². The summed E-state index contributed by atoms with van der Waals surface area (Å²) in [6.45, 7) is 3.88. The van der Waals surface area contributed by atoms with E-state index >= 15 is 0 Å². The van der Waals surface area contributed by atoms with Crippen LogP contribution < -0.4 is 5.32 Å². The minimum Gasteiger partial charge on any atom is -0.481 e. The van der Waals surface area contributed by atoms with E-state index in [1.807, 2.05) is 20.9 Å². The molecule has 0 aliphatic heterocycles. The van der Waals surface area contributed by atoms with Crippen LogP contribution in [0.5, 0.6) is 0 Å². The monoisotopic (exact) mass is 256 g/mol. The maximum Gasteiger partial charge on any atom is 0.317 e. The Morgan fingerprint density at radius 3 is 2.28 bits per heavy atom. The summed E-state index contributed by atoms with van der Waals surface area (Å²) >= 11 is 0. The van der Waals surface area contributed by atoms with Crippen molar-refractivity contribution in [3.8, 4) is 0 Å². The summed E-state index contributed by atoms with van der Waals surface area (Å²) in [5.41, 5.74) is 0. The number of hydrogen-bond donors (Lipinski definition) is 2. The first-order valence-corrected chi connectivity index (χ1v) is 6.65. The molecular formula is C13H24N2O3. The molecule has 18 heavy (non-hydrogen) atoms. The van der Waals surface area contributed by atoms with E-state index in [1.54, 1.807) is 4.90 Å². The van der Waals surface area contributed by atoms with Crippen molar-refractivity contribution in [2.45, 2.75) is 58.0 Å². The Kier molecular flexibility index (Phi) is 5.44. The number of aliphatic carboxylic acids is 1. The third-order valence-electron chi connectivity index (χ3n) is 3.56. The fourth-order valence-electron chi connectivity index (χ4n) is 2.50. The molecule has 104 valence electrons. The number of hydrogen-bond acceptors (Lipinski definition) is 2. The Morgan fingerprint density at radius 1 is 1.28 bits per heavy atom. The first kappa shape index (κ1) is 14.8. The minimum atomic E-state index is -0.718. The summed E-state index contributed by atoms with van der Waals surface area (Å²) in [5, 5.41) is 11.6. The molecule has 1 fully saturated rings. The van der Waals surface area contributed by atoms with Crippen LogP contribution in [0.15, 0.2) is 0 Å². The molecule has 0 heterocycles. The number of nitrogens with zero attached hydrogens (tertiary/aromatic N) is 1. The Morgan fingerprint density at radius 2 is 1.83 bits per heavy atom. The molecule has 1 saturated carbocycles. The fraction of sp³-hybridized carbons (Fsp3) is 0.846. The number of carbonyl (C=O) groups is 2. The molecule has 0 spiro atoms. The molecular weight excluding hydrogens is 232 g/mol. The molecule has 0 bridgehead atoms. The highest BCUT2D eigenvalue weighted by molar-refractivity contribution is 5.74. The van der Waals surface area contributed by atoms with Gasteiger partial charge in [0, 0.05) is 25.6 Å². The molecule has 0 aromatic rings. The first-order valence-electron chi connectivity index (χ1n) is 6.65. The van der Waals surface area contributed by atoms with Crippen molar-refractivity contribution in [3.63, 3.8) is 0 Å². The van der Waals surface area contributed by atoms with Crippen molar-refractivity contribution in [2.24, 2.45) is 5.92 Å². The molecule has 5 heteroatoms. The molecule has 0 saturated heterocycles. The predicted molar refractivity (Wildman–Crippen MR) is 69.4 cm³/mol. The molecule has 1 rings (SSSR count). The van der Waals surface area contributed by atoms with Crippen molar-refractivity contribution in [3.05, 3.63) is 0 Å². The summed E-state index contributed by atoms with van der Waals surface area (Å²) in [6.07, 6.45) is 3.86. The highest BCUT2D eigenvalue weighted by Gasteiger charge is 2.27. The van der Waals surface area contributed by atoms with E-state index < -0.39 is 5.97 Å². The zero-order valence-corrected chi connectivity index (χ0v) is 11.5. The van der Waals surface area contributed by atoms with Gasteiger partial charge in [-0.1, -0.05) is 0 Å². The van der Waals surface area contributed by atoms with Gasteiger partial charge in [-0.15, -0.1) is 0 Å². The molecule has 0 unspecified atom stereocenters. The average Bonchev–Trinajstić information content (AvgIpc) is 2.27. The third-order valence-corrected chi connectivity index (χ3v) is 3.56. The number of carboxylic acids is 1. The van der Waals surface area contributed by atoms with Crippen LogP contribution in [-0.4, -0.2) is 41.1 Å². The molecule has 0 aromatic heterocycles. The highest BCUT2D eigenvalue weighted by atomic mass is 16.4. The van der Waals surface area contributed by atoms with Crippen LogP contribution in [0.3, 0.4) is 0 Å². The van der Waals surface area contributed by atoms with Crippen LogP contribution in [0.1, 0.15) is 46.0 Å².